The number of carbonyl (C=O) groups excluding carboxylic acids is 2. The van der Waals surface area contributed by atoms with Crippen LogP contribution in [0.4, 0.5) is 0 Å². The average Bonchev–Trinajstić information content (AvgIpc) is 2.71. The van der Waals surface area contributed by atoms with Crippen LogP contribution in [0.3, 0.4) is 0 Å². The molecule has 4 saturated carbocycles. The van der Waals surface area contributed by atoms with E-state index in [2.05, 4.69) is 5.32 Å². The summed E-state index contributed by atoms with van der Waals surface area (Å²) in [6.07, 6.45) is 6.32. The SMILES string of the molecule is COc1cc(CC(=O)O[C@@H](C)C(=O)NC23CC4CC(CC(C4)C2)C3)cc(OC)c1OC. The van der Waals surface area contributed by atoms with Crippen molar-refractivity contribution in [3.63, 3.8) is 0 Å². The Hall–Kier alpha value is -2.44. The molecule has 7 nitrogen and oxygen atoms in total. The van der Waals surface area contributed by atoms with Gasteiger partial charge in [-0.05, 0) is 80.9 Å². The quantitative estimate of drug-likeness (QED) is 0.636. The van der Waals surface area contributed by atoms with Gasteiger partial charge in [-0.25, -0.2) is 0 Å². The molecule has 1 amide bonds. The van der Waals surface area contributed by atoms with Crippen LogP contribution in [0.2, 0.25) is 0 Å². The fourth-order valence-corrected chi connectivity index (χ4v) is 6.32. The fraction of sp³-hybridized carbons (Fsp3) is 0.667. The average molecular weight is 432 g/mol. The van der Waals surface area contributed by atoms with Gasteiger partial charge in [-0.15, -0.1) is 0 Å². The Bertz CT molecular complexity index is 790. The summed E-state index contributed by atoms with van der Waals surface area (Å²) < 4.78 is 21.4. The lowest BCUT2D eigenvalue weighted by atomic mass is 9.53. The van der Waals surface area contributed by atoms with E-state index in [1.165, 1.54) is 40.6 Å². The number of carbonyl (C=O) groups is 2. The van der Waals surface area contributed by atoms with E-state index in [0.717, 1.165) is 37.0 Å². The summed E-state index contributed by atoms with van der Waals surface area (Å²) in [4.78, 5) is 25.4. The minimum Gasteiger partial charge on any atom is -0.493 e. The minimum atomic E-state index is -0.831. The highest BCUT2D eigenvalue weighted by molar-refractivity contribution is 5.84. The molecule has 4 aliphatic rings. The van der Waals surface area contributed by atoms with Crippen molar-refractivity contribution in [1.82, 2.24) is 5.32 Å². The summed E-state index contributed by atoms with van der Waals surface area (Å²) in [5, 5.41) is 3.27. The zero-order chi connectivity index (χ0) is 22.2. The van der Waals surface area contributed by atoms with Crippen LogP contribution in [0.5, 0.6) is 17.2 Å². The molecule has 0 radical (unpaired) electrons. The molecular formula is C24H33NO6. The smallest absolute Gasteiger partial charge is 0.311 e. The van der Waals surface area contributed by atoms with Crippen LogP contribution in [-0.4, -0.2) is 44.8 Å². The Morgan fingerprint density at radius 2 is 1.48 bits per heavy atom. The zero-order valence-corrected chi connectivity index (χ0v) is 18.9. The highest BCUT2D eigenvalue weighted by Crippen LogP contribution is 2.55. The molecular weight excluding hydrogens is 398 g/mol. The molecule has 5 rings (SSSR count). The monoisotopic (exact) mass is 431 g/mol. The topological polar surface area (TPSA) is 83.1 Å². The molecule has 0 heterocycles. The lowest BCUT2D eigenvalue weighted by Gasteiger charge is -2.57. The van der Waals surface area contributed by atoms with Gasteiger partial charge in [0.05, 0.1) is 27.8 Å². The van der Waals surface area contributed by atoms with E-state index in [9.17, 15) is 9.59 Å². The van der Waals surface area contributed by atoms with Crippen LogP contribution >= 0.6 is 0 Å². The number of hydrogen-bond acceptors (Lipinski definition) is 6. The first-order chi connectivity index (χ1) is 14.8. The molecule has 170 valence electrons. The number of rotatable bonds is 8. The normalized spacial score (nSPS) is 29.2. The Morgan fingerprint density at radius 1 is 0.968 bits per heavy atom. The van der Waals surface area contributed by atoms with Gasteiger partial charge in [-0.2, -0.15) is 0 Å². The van der Waals surface area contributed by atoms with Crippen molar-refractivity contribution in [3.05, 3.63) is 17.7 Å². The van der Waals surface area contributed by atoms with Gasteiger partial charge in [0.2, 0.25) is 5.75 Å². The highest BCUT2D eigenvalue weighted by Gasteiger charge is 2.51. The van der Waals surface area contributed by atoms with Crippen LogP contribution in [-0.2, 0) is 20.7 Å². The number of esters is 1. The third kappa shape index (κ3) is 4.46. The van der Waals surface area contributed by atoms with E-state index in [0.29, 0.717) is 22.8 Å². The molecule has 1 aromatic carbocycles. The standard InChI is InChI=1S/C24H33NO6/c1-14(23(27)25-24-11-16-5-17(12-24)7-18(6-16)13-24)31-21(26)10-15-8-19(28-2)22(30-4)20(9-15)29-3/h8-9,14,16-18H,5-7,10-13H2,1-4H3,(H,25,27)/t14-,16?,17?,18?,24?/m0/s1. The summed E-state index contributed by atoms with van der Waals surface area (Å²) in [6, 6.07) is 3.42. The molecule has 4 aliphatic carbocycles. The Morgan fingerprint density at radius 3 is 1.94 bits per heavy atom. The molecule has 1 aromatic rings. The van der Waals surface area contributed by atoms with E-state index in [1.54, 1.807) is 19.1 Å². The highest BCUT2D eigenvalue weighted by atomic mass is 16.5. The van der Waals surface area contributed by atoms with E-state index < -0.39 is 12.1 Å². The van der Waals surface area contributed by atoms with Crippen molar-refractivity contribution in [2.75, 3.05) is 21.3 Å². The van der Waals surface area contributed by atoms with Crippen LogP contribution in [0.15, 0.2) is 12.1 Å². The van der Waals surface area contributed by atoms with Gasteiger partial charge >= 0.3 is 5.97 Å². The second-order valence-electron chi connectivity index (χ2n) is 9.53. The van der Waals surface area contributed by atoms with Crippen LogP contribution < -0.4 is 19.5 Å². The number of amides is 1. The number of hydrogen-bond donors (Lipinski definition) is 1. The van der Waals surface area contributed by atoms with Crippen molar-refractivity contribution < 1.29 is 28.5 Å². The summed E-state index contributed by atoms with van der Waals surface area (Å²) in [5.41, 5.74) is 0.566. The molecule has 0 spiro atoms. The molecule has 1 atom stereocenters. The molecule has 1 N–H and O–H groups in total. The second kappa shape index (κ2) is 8.60. The molecule has 0 aliphatic heterocycles. The predicted molar refractivity (Wildman–Crippen MR) is 114 cm³/mol. The maximum absolute atomic E-state index is 12.9. The lowest BCUT2D eigenvalue weighted by Crippen LogP contribution is -2.61. The van der Waals surface area contributed by atoms with Crippen molar-refractivity contribution >= 4 is 11.9 Å². The van der Waals surface area contributed by atoms with E-state index in [4.69, 9.17) is 18.9 Å². The van der Waals surface area contributed by atoms with Gasteiger partial charge in [0.1, 0.15) is 0 Å². The Balaban J connectivity index is 1.36. The van der Waals surface area contributed by atoms with Crippen LogP contribution in [0, 0.1) is 17.8 Å². The number of benzene rings is 1. The van der Waals surface area contributed by atoms with Crippen LogP contribution in [0.1, 0.15) is 51.0 Å². The summed E-state index contributed by atoms with van der Waals surface area (Å²) >= 11 is 0. The molecule has 7 heteroatoms. The summed E-state index contributed by atoms with van der Waals surface area (Å²) in [5.74, 6) is 2.96. The molecule has 0 aromatic heterocycles. The van der Waals surface area contributed by atoms with Crippen molar-refractivity contribution in [1.29, 1.82) is 0 Å². The second-order valence-corrected chi connectivity index (χ2v) is 9.53. The first-order valence-corrected chi connectivity index (χ1v) is 11.1. The Kier molecular flexibility index (Phi) is 6.04. The number of ether oxygens (including phenoxy) is 4. The minimum absolute atomic E-state index is 0.00565. The first-order valence-electron chi connectivity index (χ1n) is 11.1. The lowest BCUT2D eigenvalue weighted by molar-refractivity contribution is -0.156. The number of nitrogens with one attached hydrogen (secondary N) is 1. The predicted octanol–water partition coefficient (Wildman–Crippen LogP) is 3.27. The maximum Gasteiger partial charge on any atom is 0.311 e. The molecule has 31 heavy (non-hydrogen) atoms. The molecule has 4 fully saturated rings. The summed E-state index contributed by atoms with van der Waals surface area (Å²) in [6.45, 7) is 1.64. The van der Waals surface area contributed by atoms with Crippen molar-refractivity contribution in [2.24, 2.45) is 17.8 Å². The van der Waals surface area contributed by atoms with Gasteiger partial charge in [-0.1, -0.05) is 0 Å². The van der Waals surface area contributed by atoms with E-state index >= 15 is 0 Å². The third-order valence-corrected chi connectivity index (χ3v) is 7.18. The third-order valence-electron chi connectivity index (χ3n) is 7.18. The van der Waals surface area contributed by atoms with Gasteiger partial charge in [0.25, 0.3) is 5.91 Å². The van der Waals surface area contributed by atoms with Gasteiger partial charge in [-0.3, -0.25) is 9.59 Å². The molecule has 0 unspecified atom stereocenters. The molecule has 4 bridgehead atoms. The van der Waals surface area contributed by atoms with Crippen molar-refractivity contribution in [3.8, 4) is 17.2 Å². The Labute approximate surface area is 183 Å². The zero-order valence-electron chi connectivity index (χ0n) is 18.9. The fourth-order valence-electron chi connectivity index (χ4n) is 6.32. The van der Waals surface area contributed by atoms with Gasteiger partial charge in [0.15, 0.2) is 17.6 Å². The first kappa shape index (κ1) is 21.8. The van der Waals surface area contributed by atoms with Gasteiger partial charge in [0, 0.05) is 5.54 Å². The van der Waals surface area contributed by atoms with Crippen LogP contribution in [0.25, 0.3) is 0 Å². The maximum atomic E-state index is 12.9. The molecule has 0 saturated heterocycles. The van der Waals surface area contributed by atoms with E-state index in [1.807, 2.05) is 0 Å². The number of methoxy groups -OCH3 is 3. The van der Waals surface area contributed by atoms with Gasteiger partial charge < -0.3 is 24.3 Å². The summed E-state index contributed by atoms with van der Waals surface area (Å²) in [7, 11) is 4.57. The largest absolute Gasteiger partial charge is 0.493 e. The van der Waals surface area contributed by atoms with Crippen molar-refractivity contribution in [2.45, 2.75) is 63.5 Å². The van der Waals surface area contributed by atoms with E-state index in [-0.39, 0.29) is 17.9 Å².